The van der Waals surface area contributed by atoms with Crippen molar-refractivity contribution in [2.45, 2.75) is 0 Å². The summed E-state index contributed by atoms with van der Waals surface area (Å²) in [4.78, 5) is 23.3. The van der Waals surface area contributed by atoms with Crippen LogP contribution in [0.5, 0.6) is 0 Å². The molecule has 0 fully saturated rings. The molecule has 0 aliphatic carbocycles. The number of carbonyl (C=O) groups excluding carboxylic acids is 2. The second-order valence-electron chi connectivity index (χ2n) is 4.11. The molecule has 0 atom stereocenters. The molecule has 0 aromatic heterocycles. The molecule has 0 saturated carbocycles. The lowest BCUT2D eigenvalue weighted by molar-refractivity contribution is -0.137. The second kappa shape index (κ2) is 8.44. The zero-order chi connectivity index (χ0) is 17.9. The van der Waals surface area contributed by atoms with Crippen molar-refractivity contribution in [3.05, 3.63) is 20.1 Å². The highest BCUT2D eigenvalue weighted by atomic mass is 35.5. The molecule has 2 heterocycles. The zero-order valence-corrected chi connectivity index (χ0v) is 15.4. The molecule has 0 aromatic carbocycles. The molecule has 0 N–H and O–H groups in total. The van der Waals surface area contributed by atoms with Crippen molar-refractivity contribution in [2.75, 3.05) is 13.1 Å². The molecular weight excluding hydrogens is 429 g/mol. The lowest BCUT2D eigenvalue weighted by atomic mass is 10.3. The van der Waals surface area contributed by atoms with Gasteiger partial charge in [-0.05, 0) is 0 Å². The van der Waals surface area contributed by atoms with Gasteiger partial charge in [-0.25, -0.2) is 0 Å². The van der Waals surface area contributed by atoms with Gasteiger partial charge in [-0.1, -0.05) is 46.4 Å². The van der Waals surface area contributed by atoms with Crippen LogP contribution in [0.2, 0.25) is 0 Å². The van der Waals surface area contributed by atoms with Crippen LogP contribution in [0, 0.1) is 0 Å². The van der Waals surface area contributed by atoms with E-state index in [2.05, 4.69) is 10.2 Å². The Morgan fingerprint density at radius 1 is 0.875 bits per heavy atom. The molecule has 0 amide bonds. The molecule has 14 heteroatoms. The number of hydrogen-bond acceptors (Lipinski definition) is 9. The maximum atomic E-state index is 11.9. The Labute approximate surface area is 155 Å². The number of hydroxylamine groups is 2. The number of rotatable bonds is 4. The number of ketones is 2. The molecule has 9 nitrogen and oxygen atoms in total. The monoisotopic (exact) mass is 434 g/mol. The fourth-order valence-electron chi connectivity index (χ4n) is 1.38. The minimum atomic E-state index is -3.27. The molecule has 24 heavy (non-hydrogen) atoms. The van der Waals surface area contributed by atoms with Crippen LogP contribution in [0.25, 0.3) is 0 Å². The van der Waals surface area contributed by atoms with Crippen LogP contribution in [0.3, 0.4) is 0 Å². The van der Waals surface area contributed by atoms with Crippen LogP contribution in [0.1, 0.15) is 0 Å². The fraction of sp³-hybridized carbons (Fsp3) is 0.200. The zero-order valence-electron chi connectivity index (χ0n) is 11.4. The van der Waals surface area contributed by atoms with Gasteiger partial charge >= 0.3 is 8.25 Å². The van der Waals surface area contributed by atoms with Gasteiger partial charge in [0.15, 0.2) is 11.6 Å². The van der Waals surface area contributed by atoms with Crippen molar-refractivity contribution in [2.24, 2.45) is 10.2 Å². The third-order valence-electron chi connectivity index (χ3n) is 2.43. The SMILES string of the molecule is O=C1CN(O[PH](=O)ON2CC(=O)C(Cl)=C(Cl)C=N2)N=CC(Cl)=C1Cl. The van der Waals surface area contributed by atoms with E-state index in [9.17, 15) is 14.2 Å². The largest absolute Gasteiger partial charge is 0.364 e. The molecule has 0 aromatic rings. The van der Waals surface area contributed by atoms with E-state index < -0.39 is 32.9 Å². The lowest BCUT2D eigenvalue weighted by Gasteiger charge is -2.18. The van der Waals surface area contributed by atoms with Crippen LogP contribution < -0.4 is 0 Å². The highest BCUT2D eigenvalue weighted by Gasteiger charge is 2.24. The Morgan fingerprint density at radius 2 is 1.25 bits per heavy atom. The van der Waals surface area contributed by atoms with Gasteiger partial charge in [-0.15, -0.1) is 0 Å². The Kier molecular flexibility index (Phi) is 6.82. The first-order chi connectivity index (χ1) is 11.3. The quantitative estimate of drug-likeness (QED) is 0.624. The van der Waals surface area contributed by atoms with Gasteiger partial charge in [0.25, 0.3) is 0 Å². The predicted molar refractivity (Wildman–Crippen MR) is 89.0 cm³/mol. The standard InChI is InChI=1S/C10H7Cl4N4O5P/c11-5-1-15-17(3-7(19)9(5)13)22-24(21)23-18-4-8(20)10(14)6(12)2-16-18/h1-2,24H,3-4H2. The molecule has 130 valence electrons. The lowest BCUT2D eigenvalue weighted by Crippen LogP contribution is -2.25. The minimum Gasteiger partial charge on any atom is -0.291 e. The van der Waals surface area contributed by atoms with Crippen LogP contribution in [-0.4, -0.2) is 47.4 Å². The number of hydrogen-bond donors (Lipinski definition) is 0. The maximum Gasteiger partial charge on any atom is 0.364 e. The van der Waals surface area contributed by atoms with Gasteiger partial charge in [0.2, 0.25) is 0 Å². The summed E-state index contributed by atoms with van der Waals surface area (Å²) in [6.45, 7) is -0.876. The van der Waals surface area contributed by atoms with Crippen molar-refractivity contribution in [1.82, 2.24) is 10.3 Å². The van der Waals surface area contributed by atoms with E-state index in [1.54, 1.807) is 0 Å². The van der Waals surface area contributed by atoms with Crippen molar-refractivity contribution in [3.63, 3.8) is 0 Å². The average molecular weight is 436 g/mol. The number of carbonyl (C=O) groups is 2. The van der Waals surface area contributed by atoms with E-state index in [1.165, 1.54) is 0 Å². The Morgan fingerprint density at radius 3 is 1.62 bits per heavy atom. The van der Waals surface area contributed by atoms with E-state index in [0.717, 1.165) is 12.4 Å². The van der Waals surface area contributed by atoms with E-state index in [0.29, 0.717) is 10.3 Å². The third-order valence-corrected chi connectivity index (χ3v) is 4.74. The summed E-state index contributed by atoms with van der Waals surface area (Å²) in [6.07, 6.45) is 2.09. The van der Waals surface area contributed by atoms with Crippen LogP contribution in [0.4, 0.5) is 0 Å². The maximum absolute atomic E-state index is 11.9. The Bertz CT molecular complexity index is 664. The second-order valence-corrected chi connectivity index (χ2v) is 6.55. The van der Waals surface area contributed by atoms with Gasteiger partial charge in [0.1, 0.15) is 23.2 Å². The number of allylic oxidation sites excluding steroid dienone is 2. The van der Waals surface area contributed by atoms with Gasteiger partial charge < -0.3 is 0 Å². The van der Waals surface area contributed by atoms with Crippen LogP contribution >= 0.6 is 54.7 Å². The highest BCUT2D eigenvalue weighted by molar-refractivity contribution is 7.33. The first-order valence-corrected chi connectivity index (χ1v) is 8.71. The summed E-state index contributed by atoms with van der Waals surface area (Å²) >= 11 is 22.7. The summed E-state index contributed by atoms with van der Waals surface area (Å²) < 4.78 is 21.6. The number of halogens is 4. The van der Waals surface area contributed by atoms with E-state index in [1.807, 2.05) is 0 Å². The van der Waals surface area contributed by atoms with Crippen LogP contribution in [0.15, 0.2) is 30.3 Å². The van der Waals surface area contributed by atoms with Crippen molar-refractivity contribution in [3.8, 4) is 0 Å². The molecular formula is C10H7Cl4N4O5P. The average Bonchev–Trinajstić information content (AvgIpc) is 2.72. The smallest absolute Gasteiger partial charge is 0.291 e. The fourth-order valence-corrected chi connectivity index (χ4v) is 2.49. The highest BCUT2D eigenvalue weighted by Crippen LogP contribution is 2.30. The summed E-state index contributed by atoms with van der Waals surface area (Å²) in [5.74, 6) is -1.19. The summed E-state index contributed by atoms with van der Waals surface area (Å²) in [5, 5.41) is 8.04. The molecule has 2 aliphatic heterocycles. The van der Waals surface area contributed by atoms with Gasteiger partial charge in [0.05, 0.1) is 22.5 Å². The van der Waals surface area contributed by atoms with E-state index in [-0.39, 0.29) is 20.1 Å². The predicted octanol–water partition coefficient (Wildman–Crippen LogP) is 2.36. The topological polar surface area (TPSA) is 101 Å². The van der Waals surface area contributed by atoms with Gasteiger partial charge in [-0.3, -0.25) is 14.2 Å². The molecule has 2 aliphatic rings. The first kappa shape index (κ1) is 19.4. The molecule has 0 bridgehead atoms. The normalized spacial score (nSPS) is 19.5. The van der Waals surface area contributed by atoms with Gasteiger partial charge in [-0.2, -0.15) is 29.8 Å². The Hall–Kier alpha value is -0.930. The Balaban J connectivity index is 1.95. The first-order valence-electron chi connectivity index (χ1n) is 5.98. The van der Waals surface area contributed by atoms with Crippen molar-refractivity contribution in [1.29, 1.82) is 0 Å². The number of nitrogens with zero attached hydrogens (tertiary/aromatic N) is 4. The third kappa shape index (κ3) is 5.03. The summed E-state index contributed by atoms with van der Waals surface area (Å²) in [7, 11) is -3.27. The molecule has 0 saturated heterocycles. The number of Topliss-reactive ketones (excluding diaryl/α,β-unsaturated/α-hetero) is 2. The minimum absolute atomic E-state index is 0.0913. The molecule has 0 spiro atoms. The van der Waals surface area contributed by atoms with E-state index >= 15 is 0 Å². The molecule has 2 rings (SSSR count). The summed E-state index contributed by atoms with van der Waals surface area (Å²) in [5.41, 5.74) is 0. The molecule has 0 radical (unpaired) electrons. The number of hydrazone groups is 2. The van der Waals surface area contributed by atoms with E-state index in [4.69, 9.17) is 55.7 Å². The van der Waals surface area contributed by atoms with Gasteiger partial charge in [0, 0.05) is 0 Å². The van der Waals surface area contributed by atoms with Crippen molar-refractivity contribution >= 4 is 78.7 Å². The molecule has 0 unspecified atom stereocenters. The summed E-state index contributed by atoms with van der Waals surface area (Å²) in [6, 6.07) is 0. The van der Waals surface area contributed by atoms with Crippen molar-refractivity contribution < 1.29 is 23.4 Å². The van der Waals surface area contributed by atoms with Crippen LogP contribution in [-0.2, 0) is 23.4 Å².